The van der Waals surface area contributed by atoms with Gasteiger partial charge in [-0.15, -0.1) is 0 Å². The first-order chi connectivity index (χ1) is 14.8. The van der Waals surface area contributed by atoms with Gasteiger partial charge in [0.15, 0.2) is 11.9 Å². The molecule has 2 aromatic rings. The van der Waals surface area contributed by atoms with E-state index in [4.69, 9.17) is 18.9 Å². The molecule has 1 heterocycles. The Morgan fingerprint density at radius 3 is 2.29 bits per heavy atom. The van der Waals surface area contributed by atoms with Crippen LogP contribution in [-0.2, 0) is 18.9 Å². The van der Waals surface area contributed by atoms with Crippen LogP contribution < -0.4 is 0 Å². The van der Waals surface area contributed by atoms with E-state index < -0.39 is 29.4 Å². The van der Waals surface area contributed by atoms with Crippen molar-refractivity contribution >= 4 is 17.7 Å². The number of thioether (sulfide) groups is 1. The fourth-order valence-corrected chi connectivity index (χ4v) is 4.46. The van der Waals surface area contributed by atoms with E-state index in [0.29, 0.717) is 12.2 Å². The molecule has 0 amide bonds. The van der Waals surface area contributed by atoms with E-state index in [1.54, 1.807) is 31.4 Å². The molecule has 1 aliphatic heterocycles. The number of methoxy groups -OCH3 is 1. The molecular formula is C24H30O6S. The second kappa shape index (κ2) is 10.6. The van der Waals surface area contributed by atoms with Crippen molar-refractivity contribution in [3.05, 3.63) is 66.2 Å². The van der Waals surface area contributed by atoms with Gasteiger partial charge in [-0.3, -0.25) is 0 Å². The number of aliphatic hydroxyl groups is 1. The number of esters is 1. The minimum atomic E-state index is -1.03. The average Bonchev–Trinajstić information content (AvgIpc) is 3.15. The summed E-state index contributed by atoms with van der Waals surface area (Å²) in [5, 5.41) is 11.3. The van der Waals surface area contributed by atoms with Crippen LogP contribution in [0.15, 0.2) is 65.6 Å². The first-order valence-electron chi connectivity index (χ1n) is 10.3. The SMILES string of the molecule is COC(Sc1ccccc1)C(OC(=O)c1ccccc1)C(O)C(C)[C@H]1COC(C)(C)O1. The first kappa shape index (κ1) is 23.8. The van der Waals surface area contributed by atoms with E-state index >= 15 is 0 Å². The van der Waals surface area contributed by atoms with Crippen LogP contribution >= 0.6 is 11.8 Å². The highest BCUT2D eigenvalue weighted by molar-refractivity contribution is 7.99. The molecule has 0 bridgehead atoms. The molecule has 1 fully saturated rings. The van der Waals surface area contributed by atoms with Crippen LogP contribution in [0.25, 0.3) is 0 Å². The van der Waals surface area contributed by atoms with Gasteiger partial charge in [0.1, 0.15) is 5.44 Å². The van der Waals surface area contributed by atoms with Crippen LogP contribution in [0, 0.1) is 5.92 Å². The lowest BCUT2D eigenvalue weighted by molar-refractivity contribution is -0.156. The fourth-order valence-electron chi connectivity index (χ4n) is 3.43. The lowest BCUT2D eigenvalue weighted by Gasteiger charge is -2.34. The molecule has 168 valence electrons. The largest absolute Gasteiger partial charge is 0.452 e. The van der Waals surface area contributed by atoms with Gasteiger partial charge < -0.3 is 24.1 Å². The highest BCUT2D eigenvalue weighted by Gasteiger charge is 2.43. The lowest BCUT2D eigenvalue weighted by Crippen LogP contribution is -2.47. The normalized spacial score (nSPS) is 21.8. The van der Waals surface area contributed by atoms with E-state index in [1.807, 2.05) is 57.2 Å². The van der Waals surface area contributed by atoms with Crippen molar-refractivity contribution in [2.24, 2.45) is 5.92 Å². The third-order valence-corrected chi connectivity index (χ3v) is 6.48. The summed E-state index contributed by atoms with van der Waals surface area (Å²) < 4.78 is 23.1. The van der Waals surface area contributed by atoms with Crippen LogP contribution in [0.1, 0.15) is 31.1 Å². The zero-order valence-corrected chi connectivity index (χ0v) is 19.1. The number of carbonyl (C=O) groups is 1. The second-order valence-electron chi connectivity index (χ2n) is 7.99. The van der Waals surface area contributed by atoms with Gasteiger partial charge >= 0.3 is 5.97 Å². The molecule has 1 N–H and O–H groups in total. The summed E-state index contributed by atoms with van der Waals surface area (Å²) in [5.41, 5.74) is -0.212. The average molecular weight is 447 g/mol. The molecule has 0 aliphatic carbocycles. The topological polar surface area (TPSA) is 74.2 Å². The molecule has 0 aromatic heterocycles. The number of hydrogen-bond donors (Lipinski definition) is 1. The Hall–Kier alpha value is -1.90. The summed E-state index contributed by atoms with van der Waals surface area (Å²) >= 11 is 1.39. The molecule has 1 aliphatic rings. The Morgan fingerprint density at radius 1 is 1.13 bits per heavy atom. The summed E-state index contributed by atoms with van der Waals surface area (Å²) in [4.78, 5) is 13.8. The van der Waals surface area contributed by atoms with Crippen LogP contribution in [0.2, 0.25) is 0 Å². The number of aliphatic hydroxyl groups excluding tert-OH is 1. The van der Waals surface area contributed by atoms with Crippen LogP contribution in [-0.4, -0.2) is 54.3 Å². The van der Waals surface area contributed by atoms with E-state index in [9.17, 15) is 9.90 Å². The van der Waals surface area contributed by atoms with Crippen molar-refractivity contribution in [3.63, 3.8) is 0 Å². The minimum absolute atomic E-state index is 0.331. The number of hydrogen-bond acceptors (Lipinski definition) is 7. The molecule has 0 radical (unpaired) electrons. The fraction of sp³-hybridized carbons (Fsp3) is 0.458. The number of ether oxygens (including phenoxy) is 4. The molecule has 0 spiro atoms. The zero-order chi connectivity index (χ0) is 22.4. The van der Waals surface area contributed by atoms with Crippen molar-refractivity contribution in [2.45, 2.75) is 55.2 Å². The van der Waals surface area contributed by atoms with Gasteiger partial charge in [0.25, 0.3) is 0 Å². The van der Waals surface area contributed by atoms with Crippen LogP contribution in [0.3, 0.4) is 0 Å². The molecule has 5 atom stereocenters. The van der Waals surface area contributed by atoms with Crippen LogP contribution in [0.4, 0.5) is 0 Å². The molecule has 4 unspecified atom stereocenters. The molecule has 3 rings (SSSR count). The molecular weight excluding hydrogens is 416 g/mol. The van der Waals surface area contributed by atoms with Gasteiger partial charge in [0.2, 0.25) is 0 Å². The Morgan fingerprint density at radius 2 is 1.74 bits per heavy atom. The standard InChI is InChI=1S/C24H30O6S/c1-16(19-15-28-24(2,3)30-19)20(25)21(29-22(26)17-11-7-5-8-12-17)23(27-4)31-18-13-9-6-10-14-18/h5-14,16,19-21,23,25H,15H2,1-4H3/t16?,19-,20?,21?,23?/m1/s1. The van der Waals surface area contributed by atoms with E-state index in [1.165, 1.54) is 11.8 Å². The quantitative estimate of drug-likeness (QED) is 0.353. The Balaban J connectivity index is 1.82. The number of carbonyl (C=O) groups excluding carboxylic acids is 1. The molecule has 0 saturated carbocycles. The molecule has 31 heavy (non-hydrogen) atoms. The smallest absolute Gasteiger partial charge is 0.338 e. The third kappa shape index (κ3) is 6.30. The van der Waals surface area contributed by atoms with Crippen molar-refractivity contribution < 1.29 is 28.8 Å². The summed E-state index contributed by atoms with van der Waals surface area (Å²) in [5.74, 6) is -1.59. The monoisotopic (exact) mass is 446 g/mol. The van der Waals surface area contributed by atoms with E-state index in [-0.39, 0.29) is 12.0 Å². The van der Waals surface area contributed by atoms with Crippen LogP contribution in [0.5, 0.6) is 0 Å². The first-order valence-corrected chi connectivity index (χ1v) is 11.2. The van der Waals surface area contributed by atoms with Crippen molar-refractivity contribution in [3.8, 4) is 0 Å². The predicted molar refractivity (Wildman–Crippen MR) is 119 cm³/mol. The second-order valence-corrected chi connectivity index (χ2v) is 9.16. The van der Waals surface area contributed by atoms with Crippen molar-refractivity contribution in [2.75, 3.05) is 13.7 Å². The zero-order valence-electron chi connectivity index (χ0n) is 18.3. The number of rotatable bonds is 9. The minimum Gasteiger partial charge on any atom is -0.452 e. The van der Waals surface area contributed by atoms with Gasteiger partial charge in [-0.1, -0.05) is 55.1 Å². The highest BCUT2D eigenvalue weighted by atomic mass is 32.2. The molecule has 7 heteroatoms. The summed E-state index contributed by atoms with van der Waals surface area (Å²) in [6.07, 6.45) is -2.29. The third-order valence-electron chi connectivity index (χ3n) is 5.24. The van der Waals surface area contributed by atoms with Gasteiger partial charge in [-0.2, -0.15) is 0 Å². The van der Waals surface area contributed by atoms with E-state index in [2.05, 4.69) is 0 Å². The van der Waals surface area contributed by atoms with Gasteiger partial charge in [-0.25, -0.2) is 4.79 Å². The predicted octanol–water partition coefficient (Wildman–Crippen LogP) is 4.13. The van der Waals surface area contributed by atoms with Crippen molar-refractivity contribution in [1.82, 2.24) is 0 Å². The van der Waals surface area contributed by atoms with E-state index in [0.717, 1.165) is 4.90 Å². The maximum atomic E-state index is 12.8. The molecule has 6 nitrogen and oxygen atoms in total. The number of benzene rings is 2. The summed E-state index contributed by atoms with van der Waals surface area (Å²) in [6, 6.07) is 18.4. The lowest BCUT2D eigenvalue weighted by atomic mass is 9.94. The highest BCUT2D eigenvalue weighted by Crippen LogP contribution is 2.34. The summed E-state index contributed by atoms with van der Waals surface area (Å²) in [6.45, 7) is 5.89. The molecule has 1 saturated heterocycles. The molecule has 2 aromatic carbocycles. The van der Waals surface area contributed by atoms with Crippen molar-refractivity contribution in [1.29, 1.82) is 0 Å². The van der Waals surface area contributed by atoms with Gasteiger partial charge in [0, 0.05) is 17.9 Å². The Kier molecular flexibility index (Phi) is 8.13. The maximum absolute atomic E-state index is 12.8. The van der Waals surface area contributed by atoms with Gasteiger partial charge in [0.05, 0.1) is 24.4 Å². The maximum Gasteiger partial charge on any atom is 0.338 e. The Labute approximate surface area is 187 Å². The summed E-state index contributed by atoms with van der Waals surface area (Å²) in [7, 11) is 1.54. The van der Waals surface area contributed by atoms with Gasteiger partial charge in [-0.05, 0) is 38.1 Å². The Bertz CT molecular complexity index is 828.